The molecule has 0 aliphatic rings. The van der Waals surface area contributed by atoms with E-state index in [4.69, 9.17) is 0 Å². The Balaban J connectivity index is 1.71. The van der Waals surface area contributed by atoms with Crippen LogP contribution in [0.15, 0.2) is 53.5 Å². The fraction of sp³-hybridized carbons (Fsp3) is 0.320. The zero-order chi connectivity index (χ0) is 31.2. The molecule has 2 amide bonds. The Hall–Kier alpha value is -4.09. The first-order chi connectivity index (χ1) is 19.6. The molecule has 1 atom stereocenters. The van der Waals surface area contributed by atoms with Gasteiger partial charge in [0.1, 0.15) is 11.5 Å². The Morgan fingerprint density at radius 1 is 1.05 bits per heavy atom. The number of hydrogen-bond donors (Lipinski definition) is 4. The highest BCUT2D eigenvalue weighted by Crippen LogP contribution is 2.30. The molecule has 0 aliphatic heterocycles. The van der Waals surface area contributed by atoms with E-state index in [0.29, 0.717) is 11.3 Å². The van der Waals surface area contributed by atoms with Gasteiger partial charge in [-0.1, -0.05) is 26.0 Å². The first kappa shape index (κ1) is 32.4. The Morgan fingerprint density at radius 3 is 2.31 bits per heavy atom. The van der Waals surface area contributed by atoms with E-state index in [1.54, 1.807) is 24.3 Å². The van der Waals surface area contributed by atoms with Crippen LogP contribution in [0.4, 0.5) is 23.9 Å². The summed E-state index contributed by atoms with van der Waals surface area (Å²) >= 11 is 0.892. The van der Waals surface area contributed by atoms with Gasteiger partial charge in [0.05, 0.1) is 10.9 Å². The fourth-order valence-corrected chi connectivity index (χ4v) is 5.65. The largest absolute Gasteiger partial charge is 0.452 e. The summed E-state index contributed by atoms with van der Waals surface area (Å²) in [5.74, 6) is -4.29. The van der Waals surface area contributed by atoms with Crippen LogP contribution in [0, 0.1) is 5.92 Å². The van der Waals surface area contributed by atoms with Crippen LogP contribution in [0.1, 0.15) is 26.3 Å². The SMILES string of the molecule is CC(=O)Nc1ccc(CNS(=O)(=O)Nc2ccc(-c3nccc(=O)n3CC(=O)NC(C(=O)C(F)(F)F)C(C)C)s2)cc1. The number of nitrogens with zero attached hydrogens (tertiary/aromatic N) is 2. The zero-order valence-corrected chi connectivity index (χ0v) is 24.1. The summed E-state index contributed by atoms with van der Waals surface area (Å²) in [6.45, 7) is 3.24. The fourth-order valence-electron chi connectivity index (χ4n) is 3.63. The molecule has 0 aliphatic carbocycles. The number of thiophene rings is 1. The van der Waals surface area contributed by atoms with Crippen molar-refractivity contribution in [2.45, 2.75) is 46.1 Å². The van der Waals surface area contributed by atoms with Gasteiger partial charge in [-0.05, 0) is 35.7 Å². The van der Waals surface area contributed by atoms with Crippen LogP contribution in [-0.4, -0.2) is 47.8 Å². The summed E-state index contributed by atoms with van der Waals surface area (Å²) in [6.07, 6.45) is -4.00. The van der Waals surface area contributed by atoms with E-state index in [1.165, 1.54) is 39.1 Å². The summed E-state index contributed by atoms with van der Waals surface area (Å²) in [6, 6.07) is 8.55. The molecular weight excluding hydrogens is 601 g/mol. The molecule has 1 aromatic carbocycles. The summed E-state index contributed by atoms with van der Waals surface area (Å²) in [5, 5.41) is 4.78. The number of Topliss-reactive ketones (excluding diaryl/α,β-unsaturated/α-hetero) is 1. The second-order valence-corrected chi connectivity index (χ2v) is 11.9. The number of aromatic nitrogens is 2. The van der Waals surface area contributed by atoms with E-state index in [9.17, 15) is 40.8 Å². The summed E-state index contributed by atoms with van der Waals surface area (Å²) in [7, 11) is -4.05. The molecule has 0 saturated carbocycles. The van der Waals surface area contributed by atoms with Gasteiger partial charge < -0.3 is 10.6 Å². The summed E-state index contributed by atoms with van der Waals surface area (Å²) in [5.41, 5.74) is 0.479. The highest BCUT2D eigenvalue weighted by atomic mass is 32.2. The third kappa shape index (κ3) is 8.95. The third-order valence-electron chi connectivity index (χ3n) is 5.58. The highest BCUT2D eigenvalue weighted by molar-refractivity contribution is 7.91. The molecule has 42 heavy (non-hydrogen) atoms. The number of hydrogen-bond acceptors (Lipinski definition) is 8. The van der Waals surface area contributed by atoms with Crippen LogP contribution >= 0.6 is 11.3 Å². The van der Waals surface area contributed by atoms with E-state index in [2.05, 4.69) is 19.7 Å². The van der Waals surface area contributed by atoms with Gasteiger partial charge in [0.2, 0.25) is 11.8 Å². The van der Waals surface area contributed by atoms with Gasteiger partial charge in [-0.3, -0.25) is 28.5 Å². The molecule has 3 aromatic rings. The lowest BCUT2D eigenvalue weighted by Crippen LogP contribution is -2.50. The molecule has 2 heterocycles. The van der Waals surface area contributed by atoms with Gasteiger partial charge in [-0.15, -0.1) is 11.3 Å². The molecule has 17 heteroatoms. The van der Waals surface area contributed by atoms with Crippen LogP contribution in [0.25, 0.3) is 10.7 Å². The van der Waals surface area contributed by atoms with Gasteiger partial charge in [0, 0.05) is 31.4 Å². The van der Waals surface area contributed by atoms with Crippen molar-refractivity contribution < 1.29 is 36.0 Å². The maximum Gasteiger partial charge on any atom is 0.452 e. The zero-order valence-electron chi connectivity index (χ0n) is 22.5. The summed E-state index contributed by atoms with van der Waals surface area (Å²) in [4.78, 5) is 52.4. The average Bonchev–Trinajstić information content (AvgIpc) is 3.34. The molecule has 226 valence electrons. The van der Waals surface area contributed by atoms with Gasteiger partial charge in [-0.25, -0.2) is 4.98 Å². The lowest BCUT2D eigenvalue weighted by atomic mass is 9.99. The quantitative estimate of drug-likeness (QED) is 0.239. The number of amides is 2. The van der Waals surface area contributed by atoms with Crippen molar-refractivity contribution >= 4 is 49.8 Å². The Morgan fingerprint density at radius 2 is 1.71 bits per heavy atom. The number of halogens is 3. The Bertz CT molecular complexity index is 1620. The molecule has 0 bridgehead atoms. The Kier molecular flexibility index (Phi) is 10.2. The lowest BCUT2D eigenvalue weighted by molar-refractivity contribution is -0.174. The van der Waals surface area contributed by atoms with Gasteiger partial charge in [0.15, 0.2) is 5.82 Å². The number of anilines is 2. The van der Waals surface area contributed by atoms with E-state index < -0.39 is 52.1 Å². The Labute approximate surface area is 242 Å². The maximum atomic E-state index is 13.0. The van der Waals surface area contributed by atoms with E-state index in [-0.39, 0.29) is 28.2 Å². The number of rotatable bonds is 12. The standard InChI is InChI=1S/C25H27F3N6O6S2/c1-14(2)22(23(38)25(26,27)28)32-19(36)13-34-21(37)10-11-29-24(34)18-8-9-20(41-18)33-42(39,40)30-12-16-4-6-17(7-5-16)31-15(3)35/h4-11,14,22,30,33H,12-13H2,1-3H3,(H,31,35)(H,32,36). The minimum absolute atomic E-state index is 0.0384. The minimum Gasteiger partial charge on any atom is -0.344 e. The van der Waals surface area contributed by atoms with Crippen molar-refractivity contribution in [1.29, 1.82) is 0 Å². The number of benzene rings is 1. The van der Waals surface area contributed by atoms with Crippen molar-refractivity contribution in [3.63, 3.8) is 0 Å². The smallest absolute Gasteiger partial charge is 0.344 e. The van der Waals surface area contributed by atoms with Gasteiger partial charge in [-0.2, -0.15) is 26.3 Å². The maximum absolute atomic E-state index is 13.0. The molecule has 3 rings (SSSR count). The van der Waals surface area contributed by atoms with Crippen LogP contribution in [0.2, 0.25) is 0 Å². The highest BCUT2D eigenvalue weighted by Gasteiger charge is 2.45. The van der Waals surface area contributed by atoms with E-state index in [1.807, 2.05) is 5.32 Å². The minimum atomic E-state index is -5.16. The second-order valence-electron chi connectivity index (χ2n) is 9.31. The van der Waals surface area contributed by atoms with Crippen molar-refractivity contribution in [2.24, 2.45) is 5.92 Å². The molecule has 0 saturated heterocycles. The first-order valence-corrected chi connectivity index (χ1v) is 14.6. The van der Waals surface area contributed by atoms with Crippen molar-refractivity contribution in [1.82, 2.24) is 19.6 Å². The van der Waals surface area contributed by atoms with Crippen LogP contribution in [0.5, 0.6) is 0 Å². The normalized spacial score (nSPS) is 12.5. The summed E-state index contributed by atoms with van der Waals surface area (Å²) < 4.78 is 69.7. The predicted octanol–water partition coefficient (Wildman–Crippen LogP) is 2.65. The van der Waals surface area contributed by atoms with Crippen molar-refractivity contribution in [3.05, 3.63) is 64.6 Å². The van der Waals surface area contributed by atoms with E-state index in [0.717, 1.165) is 22.0 Å². The van der Waals surface area contributed by atoms with Crippen LogP contribution in [-0.2, 0) is 37.7 Å². The molecule has 0 radical (unpaired) electrons. The molecule has 0 fully saturated rings. The van der Waals surface area contributed by atoms with Crippen molar-refractivity contribution in [2.75, 3.05) is 10.0 Å². The monoisotopic (exact) mass is 628 g/mol. The van der Waals surface area contributed by atoms with Crippen LogP contribution in [0.3, 0.4) is 0 Å². The van der Waals surface area contributed by atoms with Crippen molar-refractivity contribution in [3.8, 4) is 10.7 Å². The second kappa shape index (κ2) is 13.3. The average molecular weight is 629 g/mol. The predicted molar refractivity (Wildman–Crippen MR) is 150 cm³/mol. The molecule has 1 unspecified atom stereocenters. The molecule has 0 spiro atoms. The molecule has 4 N–H and O–H groups in total. The third-order valence-corrected chi connectivity index (χ3v) is 7.72. The number of alkyl halides is 3. The molecule has 12 nitrogen and oxygen atoms in total. The van der Waals surface area contributed by atoms with E-state index >= 15 is 0 Å². The topological polar surface area (TPSA) is 168 Å². The number of carbonyl (C=O) groups excluding carboxylic acids is 3. The van der Waals surface area contributed by atoms with Crippen LogP contribution < -0.4 is 25.6 Å². The molecular formula is C25H27F3N6O6S2. The number of ketones is 1. The number of nitrogens with one attached hydrogen (secondary N) is 4. The first-order valence-electron chi connectivity index (χ1n) is 12.3. The molecule has 2 aromatic heterocycles. The van der Waals surface area contributed by atoms with Gasteiger partial charge >= 0.3 is 6.18 Å². The number of carbonyl (C=O) groups is 3. The van der Waals surface area contributed by atoms with Gasteiger partial charge in [0.25, 0.3) is 21.6 Å². The lowest BCUT2D eigenvalue weighted by Gasteiger charge is -2.22.